The van der Waals surface area contributed by atoms with Gasteiger partial charge in [0.25, 0.3) is 0 Å². The molecule has 0 aromatic heterocycles. The molecule has 0 unspecified atom stereocenters. The maximum absolute atomic E-state index is 11.7. The summed E-state index contributed by atoms with van der Waals surface area (Å²) in [5.41, 5.74) is 5.96. The standard InChI is InChI=1S/C18H34N4O3/c1-2-24-18(23)22-12-9-15(10-13-22)21-17(19)20-11-6-14-25-16-7-4-3-5-8-16/h15-16H,2-14H2,1H3,(H3,19,20,21). The molecule has 1 aliphatic carbocycles. The highest BCUT2D eigenvalue weighted by Crippen LogP contribution is 2.20. The maximum atomic E-state index is 11.7. The van der Waals surface area contributed by atoms with Crippen LogP contribution in [0.3, 0.4) is 0 Å². The normalized spacial score (nSPS) is 20.5. The number of rotatable bonds is 7. The molecule has 3 N–H and O–H groups in total. The van der Waals surface area contributed by atoms with Crippen LogP contribution in [0.5, 0.6) is 0 Å². The van der Waals surface area contributed by atoms with Crippen LogP contribution in [0.4, 0.5) is 4.79 Å². The van der Waals surface area contributed by atoms with Crippen LogP contribution in [0.2, 0.25) is 0 Å². The fraction of sp³-hybridized carbons (Fsp3) is 0.889. The number of hydrogen-bond donors (Lipinski definition) is 2. The minimum Gasteiger partial charge on any atom is -0.450 e. The Kier molecular flexibility index (Phi) is 8.86. The Hall–Kier alpha value is -1.50. The third-order valence-electron chi connectivity index (χ3n) is 4.86. The monoisotopic (exact) mass is 354 g/mol. The number of piperidine rings is 1. The molecule has 7 heteroatoms. The predicted octanol–water partition coefficient (Wildman–Crippen LogP) is 2.25. The molecule has 0 bridgehead atoms. The Morgan fingerprint density at radius 1 is 1.20 bits per heavy atom. The summed E-state index contributed by atoms with van der Waals surface area (Å²) in [4.78, 5) is 17.8. The largest absolute Gasteiger partial charge is 0.450 e. The van der Waals surface area contributed by atoms with Crippen LogP contribution in [0.25, 0.3) is 0 Å². The first-order chi connectivity index (χ1) is 12.2. The van der Waals surface area contributed by atoms with Crippen LogP contribution in [0.1, 0.15) is 58.3 Å². The predicted molar refractivity (Wildman–Crippen MR) is 98.7 cm³/mol. The quantitative estimate of drug-likeness (QED) is 0.416. The van der Waals surface area contributed by atoms with E-state index in [9.17, 15) is 4.79 Å². The van der Waals surface area contributed by atoms with E-state index in [4.69, 9.17) is 15.2 Å². The van der Waals surface area contributed by atoms with E-state index in [-0.39, 0.29) is 12.1 Å². The molecule has 1 aliphatic heterocycles. The summed E-state index contributed by atoms with van der Waals surface area (Å²) in [7, 11) is 0. The lowest BCUT2D eigenvalue weighted by atomic mass is 9.98. The number of ether oxygens (including phenoxy) is 2. The number of amides is 1. The Morgan fingerprint density at radius 3 is 2.60 bits per heavy atom. The van der Waals surface area contributed by atoms with Crippen molar-refractivity contribution in [2.45, 2.75) is 70.4 Å². The van der Waals surface area contributed by atoms with E-state index >= 15 is 0 Å². The van der Waals surface area contributed by atoms with Gasteiger partial charge in [0.2, 0.25) is 0 Å². The summed E-state index contributed by atoms with van der Waals surface area (Å²) >= 11 is 0. The maximum Gasteiger partial charge on any atom is 0.409 e. The lowest BCUT2D eigenvalue weighted by molar-refractivity contribution is 0.0281. The van der Waals surface area contributed by atoms with Gasteiger partial charge in [-0.25, -0.2) is 4.79 Å². The second kappa shape index (κ2) is 11.2. The van der Waals surface area contributed by atoms with Gasteiger partial charge >= 0.3 is 6.09 Å². The number of nitrogens with one attached hydrogen (secondary N) is 1. The molecule has 7 nitrogen and oxygen atoms in total. The van der Waals surface area contributed by atoms with Gasteiger partial charge < -0.3 is 25.4 Å². The fourth-order valence-electron chi connectivity index (χ4n) is 3.42. The molecule has 0 radical (unpaired) electrons. The molecule has 25 heavy (non-hydrogen) atoms. The average molecular weight is 354 g/mol. The Bertz CT molecular complexity index is 417. The van der Waals surface area contributed by atoms with Gasteiger partial charge in [-0.3, -0.25) is 4.99 Å². The van der Waals surface area contributed by atoms with Crippen LogP contribution >= 0.6 is 0 Å². The second-order valence-electron chi connectivity index (χ2n) is 6.86. The number of carbonyl (C=O) groups is 1. The van der Waals surface area contributed by atoms with Crippen LogP contribution in [0, 0.1) is 0 Å². The Morgan fingerprint density at radius 2 is 1.92 bits per heavy atom. The zero-order chi connectivity index (χ0) is 17.9. The topological polar surface area (TPSA) is 89.2 Å². The first-order valence-corrected chi connectivity index (χ1v) is 9.78. The van der Waals surface area contributed by atoms with Gasteiger partial charge in [0.1, 0.15) is 0 Å². The van der Waals surface area contributed by atoms with Crippen molar-refractivity contribution >= 4 is 12.1 Å². The number of hydrogen-bond acceptors (Lipinski definition) is 4. The number of carbonyl (C=O) groups excluding carboxylic acids is 1. The van der Waals surface area contributed by atoms with E-state index in [1.165, 1.54) is 32.1 Å². The van der Waals surface area contributed by atoms with Gasteiger partial charge in [0, 0.05) is 32.3 Å². The summed E-state index contributed by atoms with van der Waals surface area (Å²) in [6.45, 7) is 5.08. The number of likely N-dealkylation sites (tertiary alicyclic amines) is 1. The summed E-state index contributed by atoms with van der Waals surface area (Å²) in [6, 6.07) is 0.271. The lowest BCUT2D eigenvalue weighted by Crippen LogP contribution is -2.48. The van der Waals surface area contributed by atoms with Crippen molar-refractivity contribution in [3.63, 3.8) is 0 Å². The highest BCUT2D eigenvalue weighted by molar-refractivity contribution is 5.78. The summed E-state index contributed by atoms with van der Waals surface area (Å²) in [6.07, 6.45) is 9.22. The molecule has 0 spiro atoms. The van der Waals surface area contributed by atoms with E-state index in [0.717, 1.165) is 25.9 Å². The van der Waals surface area contributed by atoms with Gasteiger partial charge in [-0.2, -0.15) is 0 Å². The van der Waals surface area contributed by atoms with Crippen molar-refractivity contribution in [2.75, 3.05) is 32.8 Å². The molecule has 144 valence electrons. The minimum absolute atomic E-state index is 0.222. The molecule has 2 rings (SSSR count). The van der Waals surface area contributed by atoms with Crippen LogP contribution in [-0.4, -0.2) is 61.9 Å². The first-order valence-electron chi connectivity index (χ1n) is 9.78. The van der Waals surface area contributed by atoms with E-state index < -0.39 is 0 Å². The molecule has 0 aromatic rings. The van der Waals surface area contributed by atoms with Crippen LogP contribution in [0.15, 0.2) is 4.99 Å². The smallest absolute Gasteiger partial charge is 0.409 e. The summed E-state index contributed by atoms with van der Waals surface area (Å²) in [5.74, 6) is 0.493. The molecule has 0 atom stereocenters. The molecule has 1 saturated heterocycles. The minimum atomic E-state index is -0.222. The van der Waals surface area contributed by atoms with Crippen molar-refractivity contribution < 1.29 is 14.3 Å². The van der Waals surface area contributed by atoms with E-state index in [0.29, 0.717) is 38.3 Å². The average Bonchev–Trinajstić information content (AvgIpc) is 2.63. The molecule has 2 aliphatic rings. The lowest BCUT2D eigenvalue weighted by Gasteiger charge is -2.31. The van der Waals surface area contributed by atoms with Gasteiger partial charge in [0.05, 0.1) is 12.7 Å². The van der Waals surface area contributed by atoms with Gasteiger partial charge in [0.15, 0.2) is 5.96 Å². The van der Waals surface area contributed by atoms with Gasteiger partial charge in [-0.05, 0) is 39.0 Å². The third kappa shape index (κ3) is 7.50. The zero-order valence-corrected chi connectivity index (χ0v) is 15.5. The van der Waals surface area contributed by atoms with Gasteiger partial charge in [-0.1, -0.05) is 19.3 Å². The van der Waals surface area contributed by atoms with Crippen LogP contribution in [-0.2, 0) is 9.47 Å². The summed E-state index contributed by atoms with van der Waals surface area (Å²) < 4.78 is 10.9. The molecule has 1 amide bonds. The number of aliphatic imine (C=N–C) groups is 1. The first kappa shape index (κ1) is 19.8. The van der Waals surface area contributed by atoms with E-state index in [1.807, 2.05) is 6.92 Å². The van der Waals surface area contributed by atoms with Gasteiger partial charge in [-0.15, -0.1) is 0 Å². The van der Waals surface area contributed by atoms with Crippen LogP contribution < -0.4 is 11.1 Å². The van der Waals surface area contributed by atoms with Crippen molar-refractivity contribution in [1.82, 2.24) is 10.2 Å². The van der Waals surface area contributed by atoms with Crippen molar-refractivity contribution in [3.8, 4) is 0 Å². The molecule has 1 saturated carbocycles. The number of nitrogens with two attached hydrogens (primary N) is 1. The fourth-order valence-corrected chi connectivity index (χ4v) is 3.42. The molecule has 1 heterocycles. The molecule has 2 fully saturated rings. The Labute approximate surface area is 151 Å². The van der Waals surface area contributed by atoms with E-state index in [2.05, 4.69) is 10.3 Å². The number of guanidine groups is 1. The third-order valence-corrected chi connectivity index (χ3v) is 4.86. The molecular formula is C18H34N4O3. The Balaban J connectivity index is 1.54. The zero-order valence-electron chi connectivity index (χ0n) is 15.5. The van der Waals surface area contributed by atoms with Crippen molar-refractivity contribution in [1.29, 1.82) is 0 Å². The second-order valence-corrected chi connectivity index (χ2v) is 6.86. The van der Waals surface area contributed by atoms with Crippen molar-refractivity contribution in [3.05, 3.63) is 0 Å². The molecule has 0 aromatic carbocycles. The van der Waals surface area contributed by atoms with E-state index in [1.54, 1.807) is 4.90 Å². The highest BCUT2D eigenvalue weighted by Gasteiger charge is 2.23. The SMILES string of the molecule is CCOC(=O)N1CCC(NC(N)=NCCCOC2CCCCC2)CC1. The number of nitrogens with zero attached hydrogens (tertiary/aromatic N) is 2. The molecular weight excluding hydrogens is 320 g/mol. The summed E-state index contributed by atoms with van der Waals surface area (Å²) in [5, 5.41) is 3.26. The highest BCUT2D eigenvalue weighted by atomic mass is 16.6. The van der Waals surface area contributed by atoms with Crippen molar-refractivity contribution in [2.24, 2.45) is 10.7 Å².